The third-order valence-corrected chi connectivity index (χ3v) is 4.75. The maximum atomic E-state index is 3.49. The van der Waals surface area contributed by atoms with Gasteiger partial charge in [0.15, 0.2) is 0 Å². The highest BCUT2D eigenvalue weighted by molar-refractivity contribution is 5.62. The topological polar surface area (TPSA) is 18.5 Å². The summed E-state index contributed by atoms with van der Waals surface area (Å²) in [7, 11) is 2.24. The van der Waals surface area contributed by atoms with Crippen LogP contribution in [0.4, 0.5) is 11.4 Å². The van der Waals surface area contributed by atoms with E-state index in [0.29, 0.717) is 12.1 Å². The second-order valence-corrected chi connectivity index (χ2v) is 6.14. The van der Waals surface area contributed by atoms with Crippen molar-refractivity contribution >= 4 is 11.4 Å². The van der Waals surface area contributed by atoms with Gasteiger partial charge in [-0.2, -0.15) is 0 Å². The number of hydrogen-bond donors (Lipinski definition) is 1. The molecule has 0 saturated carbocycles. The van der Waals surface area contributed by atoms with Gasteiger partial charge in [0.1, 0.15) is 0 Å². The van der Waals surface area contributed by atoms with Crippen LogP contribution in [0.3, 0.4) is 0 Å². The molecule has 1 N–H and O–H groups in total. The lowest BCUT2D eigenvalue weighted by atomic mass is 10.0. The fourth-order valence-corrected chi connectivity index (χ4v) is 3.27. The predicted molar refractivity (Wildman–Crippen MR) is 82.2 cm³/mol. The number of hydrogen-bond acceptors (Lipinski definition) is 3. The molecule has 0 aromatic heterocycles. The van der Waals surface area contributed by atoms with Gasteiger partial charge in [0.25, 0.3) is 0 Å². The molecule has 0 amide bonds. The van der Waals surface area contributed by atoms with Crippen LogP contribution in [0.2, 0.25) is 0 Å². The Morgan fingerprint density at radius 3 is 2.63 bits per heavy atom. The third-order valence-electron chi connectivity index (χ3n) is 4.75. The van der Waals surface area contributed by atoms with Gasteiger partial charge in [-0.15, -0.1) is 0 Å². The van der Waals surface area contributed by atoms with Gasteiger partial charge in [0.2, 0.25) is 0 Å². The van der Waals surface area contributed by atoms with Crippen LogP contribution in [-0.2, 0) is 6.42 Å². The fourth-order valence-electron chi connectivity index (χ4n) is 3.27. The van der Waals surface area contributed by atoms with Crippen molar-refractivity contribution < 1.29 is 0 Å². The van der Waals surface area contributed by atoms with E-state index in [1.54, 1.807) is 0 Å². The Morgan fingerprint density at radius 2 is 1.89 bits per heavy atom. The molecule has 1 aromatic carbocycles. The Labute approximate surface area is 116 Å². The molecule has 2 heterocycles. The monoisotopic (exact) mass is 259 g/mol. The first-order valence-corrected chi connectivity index (χ1v) is 7.49. The summed E-state index contributed by atoms with van der Waals surface area (Å²) in [5.41, 5.74) is 4.22. The summed E-state index contributed by atoms with van der Waals surface area (Å²) in [5.74, 6) is 0. The Hall–Kier alpha value is -1.22. The molecule has 3 heteroatoms. The van der Waals surface area contributed by atoms with E-state index in [0.717, 1.165) is 19.6 Å². The lowest BCUT2D eigenvalue weighted by molar-refractivity contribution is 0.170. The van der Waals surface area contributed by atoms with E-state index in [-0.39, 0.29) is 0 Å². The van der Waals surface area contributed by atoms with Crippen molar-refractivity contribution in [3.05, 3.63) is 23.8 Å². The second-order valence-electron chi connectivity index (χ2n) is 6.14. The summed E-state index contributed by atoms with van der Waals surface area (Å²) in [6.07, 6.45) is 2.47. The number of rotatable bonds is 1. The quantitative estimate of drug-likeness (QED) is 0.836. The van der Waals surface area contributed by atoms with Crippen LogP contribution >= 0.6 is 0 Å². The van der Waals surface area contributed by atoms with E-state index in [2.05, 4.69) is 54.2 Å². The SMILES string of the molecule is CC1CN(c2ccc3c(c2)CCCN3)CC(C)N1C. The molecule has 2 aliphatic heterocycles. The van der Waals surface area contributed by atoms with Crippen LogP contribution in [0.25, 0.3) is 0 Å². The van der Waals surface area contributed by atoms with E-state index in [1.165, 1.54) is 29.8 Å². The summed E-state index contributed by atoms with van der Waals surface area (Å²) >= 11 is 0. The minimum absolute atomic E-state index is 0.623. The molecule has 2 atom stereocenters. The smallest absolute Gasteiger partial charge is 0.0374 e. The van der Waals surface area contributed by atoms with Gasteiger partial charge in [-0.05, 0) is 57.5 Å². The molecule has 104 valence electrons. The Kier molecular flexibility index (Phi) is 3.40. The highest BCUT2D eigenvalue weighted by Crippen LogP contribution is 2.29. The summed E-state index contributed by atoms with van der Waals surface area (Å²) < 4.78 is 0. The van der Waals surface area contributed by atoms with E-state index in [1.807, 2.05) is 0 Å². The molecular formula is C16H25N3. The minimum Gasteiger partial charge on any atom is -0.385 e. The molecule has 1 fully saturated rings. The summed E-state index contributed by atoms with van der Waals surface area (Å²) in [6, 6.07) is 8.18. The summed E-state index contributed by atoms with van der Waals surface area (Å²) in [6.45, 7) is 8.03. The van der Waals surface area contributed by atoms with Crippen molar-refractivity contribution in [2.75, 3.05) is 36.9 Å². The average Bonchev–Trinajstić information content (AvgIpc) is 2.43. The van der Waals surface area contributed by atoms with Crippen LogP contribution in [0.15, 0.2) is 18.2 Å². The van der Waals surface area contributed by atoms with Crippen LogP contribution in [-0.4, -0.2) is 43.7 Å². The van der Waals surface area contributed by atoms with Crippen molar-refractivity contribution in [2.45, 2.75) is 38.8 Å². The van der Waals surface area contributed by atoms with Crippen molar-refractivity contribution in [1.29, 1.82) is 0 Å². The number of benzene rings is 1. The summed E-state index contributed by atoms with van der Waals surface area (Å²) in [4.78, 5) is 5.03. The van der Waals surface area contributed by atoms with Crippen molar-refractivity contribution in [1.82, 2.24) is 4.90 Å². The van der Waals surface area contributed by atoms with Crippen molar-refractivity contribution in [3.63, 3.8) is 0 Å². The molecule has 3 rings (SSSR count). The number of fused-ring (bicyclic) bond motifs is 1. The zero-order valence-electron chi connectivity index (χ0n) is 12.3. The number of likely N-dealkylation sites (N-methyl/N-ethyl adjacent to an activating group) is 1. The molecule has 2 aliphatic rings. The van der Waals surface area contributed by atoms with Crippen LogP contribution in [0, 0.1) is 0 Å². The largest absolute Gasteiger partial charge is 0.385 e. The van der Waals surface area contributed by atoms with Gasteiger partial charge in [-0.1, -0.05) is 0 Å². The number of aryl methyl sites for hydroxylation is 1. The maximum absolute atomic E-state index is 3.49. The average molecular weight is 259 g/mol. The van der Waals surface area contributed by atoms with Crippen LogP contribution in [0.5, 0.6) is 0 Å². The molecule has 2 unspecified atom stereocenters. The molecule has 1 aromatic rings. The fraction of sp³-hybridized carbons (Fsp3) is 0.625. The van der Waals surface area contributed by atoms with Crippen LogP contribution < -0.4 is 10.2 Å². The Balaban J connectivity index is 1.82. The minimum atomic E-state index is 0.623. The van der Waals surface area contributed by atoms with Gasteiger partial charge in [0, 0.05) is 43.1 Å². The molecule has 3 nitrogen and oxygen atoms in total. The Morgan fingerprint density at radius 1 is 1.16 bits per heavy atom. The van der Waals surface area contributed by atoms with Crippen molar-refractivity contribution in [2.24, 2.45) is 0 Å². The molecular weight excluding hydrogens is 234 g/mol. The van der Waals surface area contributed by atoms with Gasteiger partial charge in [-0.25, -0.2) is 0 Å². The highest BCUT2D eigenvalue weighted by Gasteiger charge is 2.26. The highest BCUT2D eigenvalue weighted by atomic mass is 15.3. The van der Waals surface area contributed by atoms with Crippen LogP contribution in [0.1, 0.15) is 25.8 Å². The number of nitrogens with one attached hydrogen (secondary N) is 1. The second kappa shape index (κ2) is 5.04. The molecule has 1 saturated heterocycles. The molecule has 0 bridgehead atoms. The summed E-state index contributed by atoms with van der Waals surface area (Å²) in [5, 5.41) is 3.49. The third kappa shape index (κ3) is 2.44. The maximum Gasteiger partial charge on any atom is 0.0374 e. The van der Waals surface area contributed by atoms with Gasteiger partial charge < -0.3 is 10.2 Å². The normalized spacial score (nSPS) is 27.8. The first kappa shape index (κ1) is 12.8. The van der Waals surface area contributed by atoms with Crippen molar-refractivity contribution in [3.8, 4) is 0 Å². The van der Waals surface area contributed by atoms with E-state index < -0.39 is 0 Å². The van der Waals surface area contributed by atoms with Gasteiger partial charge in [0.05, 0.1) is 0 Å². The standard InChI is InChI=1S/C16H25N3/c1-12-10-19(11-13(2)18(12)3)15-6-7-16-14(9-15)5-4-8-17-16/h6-7,9,12-13,17H,4-5,8,10-11H2,1-3H3. The lowest BCUT2D eigenvalue weighted by Gasteiger charge is -2.43. The number of piperazine rings is 1. The Bertz CT molecular complexity index is 445. The van der Waals surface area contributed by atoms with E-state index >= 15 is 0 Å². The van der Waals surface area contributed by atoms with Gasteiger partial charge in [-0.3, -0.25) is 4.90 Å². The number of nitrogens with zero attached hydrogens (tertiary/aromatic N) is 2. The van der Waals surface area contributed by atoms with E-state index in [9.17, 15) is 0 Å². The molecule has 0 spiro atoms. The predicted octanol–water partition coefficient (Wildman–Crippen LogP) is 2.57. The lowest BCUT2D eigenvalue weighted by Crippen LogP contribution is -2.55. The first-order chi connectivity index (χ1) is 9.15. The number of anilines is 2. The zero-order valence-corrected chi connectivity index (χ0v) is 12.3. The first-order valence-electron chi connectivity index (χ1n) is 7.49. The molecule has 19 heavy (non-hydrogen) atoms. The zero-order chi connectivity index (χ0) is 13.4. The molecule has 0 radical (unpaired) electrons. The molecule has 0 aliphatic carbocycles. The van der Waals surface area contributed by atoms with Gasteiger partial charge >= 0.3 is 0 Å². The van der Waals surface area contributed by atoms with E-state index in [4.69, 9.17) is 0 Å².